The van der Waals surface area contributed by atoms with Crippen molar-refractivity contribution in [1.29, 1.82) is 0 Å². The summed E-state index contributed by atoms with van der Waals surface area (Å²) >= 11 is 0. The highest BCUT2D eigenvalue weighted by atomic mass is 16.6. The second kappa shape index (κ2) is 1.83. The zero-order valence-corrected chi connectivity index (χ0v) is 4.68. The van der Waals surface area contributed by atoms with Crippen LogP contribution in [0.25, 0.3) is 0 Å². The summed E-state index contributed by atoms with van der Waals surface area (Å²) in [4.78, 5) is 0. The molecule has 0 aromatic heterocycles. The fourth-order valence-corrected chi connectivity index (χ4v) is 0.734. The van der Waals surface area contributed by atoms with E-state index in [2.05, 4.69) is 13.8 Å². The van der Waals surface area contributed by atoms with Crippen LogP contribution < -0.4 is 0 Å². The van der Waals surface area contributed by atoms with Gasteiger partial charge in [0, 0.05) is 0 Å². The van der Waals surface area contributed by atoms with Crippen LogP contribution in [0.4, 0.5) is 0 Å². The van der Waals surface area contributed by atoms with E-state index in [4.69, 9.17) is 4.74 Å². The molecule has 1 saturated heterocycles. The molecular weight excluding hydrogens is 88.1 g/mol. The minimum absolute atomic E-state index is 0.529. The SMILES string of the molecule is [CH2]CCC1OC1C. The molecule has 41 valence electrons. The molecule has 1 heterocycles. The quantitative estimate of drug-likeness (QED) is 0.476. The van der Waals surface area contributed by atoms with Crippen molar-refractivity contribution in [2.75, 3.05) is 0 Å². The number of hydrogen-bond donors (Lipinski definition) is 0. The van der Waals surface area contributed by atoms with Crippen molar-refractivity contribution in [2.24, 2.45) is 0 Å². The maximum atomic E-state index is 5.12. The number of hydrogen-bond acceptors (Lipinski definition) is 1. The monoisotopic (exact) mass is 99.1 g/mol. The maximum Gasteiger partial charge on any atom is 0.0839 e. The average Bonchev–Trinajstić information content (AvgIpc) is 2.22. The zero-order chi connectivity index (χ0) is 5.28. The second-order valence-corrected chi connectivity index (χ2v) is 2.02. The Morgan fingerprint density at radius 3 is 2.43 bits per heavy atom. The Morgan fingerprint density at radius 2 is 2.29 bits per heavy atom. The highest BCUT2D eigenvalue weighted by Crippen LogP contribution is 2.24. The van der Waals surface area contributed by atoms with Crippen LogP contribution in [0.1, 0.15) is 19.8 Å². The van der Waals surface area contributed by atoms with Crippen LogP contribution in [0.2, 0.25) is 0 Å². The summed E-state index contributed by atoms with van der Waals surface area (Å²) in [5, 5.41) is 0. The molecule has 2 atom stereocenters. The van der Waals surface area contributed by atoms with Crippen molar-refractivity contribution in [3.63, 3.8) is 0 Å². The molecular formula is C6H11O. The summed E-state index contributed by atoms with van der Waals surface area (Å²) in [7, 11) is 0. The fourth-order valence-electron chi connectivity index (χ4n) is 0.734. The van der Waals surface area contributed by atoms with Gasteiger partial charge in [-0.2, -0.15) is 0 Å². The van der Waals surface area contributed by atoms with Gasteiger partial charge in [-0.15, -0.1) is 0 Å². The molecule has 0 amide bonds. The highest BCUT2D eigenvalue weighted by molar-refractivity contribution is 4.79. The fraction of sp³-hybridized carbons (Fsp3) is 0.833. The lowest BCUT2D eigenvalue weighted by Crippen LogP contribution is -1.85. The zero-order valence-electron chi connectivity index (χ0n) is 4.68. The largest absolute Gasteiger partial charge is 0.370 e. The molecule has 0 aliphatic carbocycles. The van der Waals surface area contributed by atoms with Crippen molar-refractivity contribution >= 4 is 0 Å². The van der Waals surface area contributed by atoms with E-state index in [1.54, 1.807) is 0 Å². The van der Waals surface area contributed by atoms with Crippen molar-refractivity contribution in [1.82, 2.24) is 0 Å². The van der Waals surface area contributed by atoms with Crippen molar-refractivity contribution in [2.45, 2.75) is 32.0 Å². The lowest BCUT2D eigenvalue weighted by atomic mass is 10.2. The summed E-state index contributed by atoms with van der Waals surface area (Å²) in [5.41, 5.74) is 0. The molecule has 0 N–H and O–H groups in total. The topological polar surface area (TPSA) is 12.5 Å². The maximum absolute atomic E-state index is 5.12. The standard InChI is InChI=1S/C6H11O/c1-3-4-6-5(2)7-6/h5-6H,1,3-4H2,2H3. The first-order valence-corrected chi connectivity index (χ1v) is 2.79. The van der Waals surface area contributed by atoms with Crippen molar-refractivity contribution in [3.8, 4) is 0 Å². The minimum Gasteiger partial charge on any atom is -0.370 e. The molecule has 1 heteroatoms. The smallest absolute Gasteiger partial charge is 0.0839 e. The highest BCUT2D eigenvalue weighted by Gasteiger charge is 2.32. The third-order valence-electron chi connectivity index (χ3n) is 1.33. The molecule has 1 nitrogen and oxygen atoms in total. The van der Waals surface area contributed by atoms with Gasteiger partial charge in [-0.3, -0.25) is 0 Å². The van der Waals surface area contributed by atoms with Crippen LogP contribution in [0.15, 0.2) is 0 Å². The first kappa shape index (κ1) is 5.10. The Bertz CT molecular complexity index is 61.2. The normalized spacial score (nSPS) is 38.6. The van der Waals surface area contributed by atoms with Gasteiger partial charge in [0.15, 0.2) is 0 Å². The molecule has 0 spiro atoms. The van der Waals surface area contributed by atoms with E-state index in [0.29, 0.717) is 12.2 Å². The molecule has 1 aliphatic rings. The number of ether oxygens (including phenoxy) is 1. The van der Waals surface area contributed by atoms with Crippen LogP contribution in [0.3, 0.4) is 0 Å². The van der Waals surface area contributed by atoms with Crippen molar-refractivity contribution in [3.05, 3.63) is 6.92 Å². The molecule has 0 aromatic rings. The molecule has 0 aromatic carbocycles. The second-order valence-electron chi connectivity index (χ2n) is 2.02. The Morgan fingerprint density at radius 1 is 1.71 bits per heavy atom. The Labute approximate surface area is 44.7 Å². The van der Waals surface area contributed by atoms with E-state index < -0.39 is 0 Å². The molecule has 7 heavy (non-hydrogen) atoms. The van der Waals surface area contributed by atoms with Crippen LogP contribution in [0, 0.1) is 6.92 Å². The lowest BCUT2D eigenvalue weighted by Gasteiger charge is -1.81. The van der Waals surface area contributed by atoms with Gasteiger partial charge in [0.05, 0.1) is 12.2 Å². The van der Waals surface area contributed by atoms with Gasteiger partial charge in [-0.05, 0) is 13.3 Å². The number of epoxide rings is 1. The predicted octanol–water partition coefficient (Wildman–Crippen LogP) is 1.39. The van der Waals surface area contributed by atoms with Gasteiger partial charge in [0.1, 0.15) is 0 Å². The van der Waals surface area contributed by atoms with Crippen LogP contribution >= 0.6 is 0 Å². The number of rotatable bonds is 2. The van der Waals surface area contributed by atoms with Gasteiger partial charge in [0.2, 0.25) is 0 Å². The summed E-state index contributed by atoms with van der Waals surface area (Å²) < 4.78 is 5.12. The Kier molecular flexibility index (Phi) is 1.33. The van der Waals surface area contributed by atoms with Crippen molar-refractivity contribution < 1.29 is 4.74 Å². The molecule has 1 rings (SSSR count). The Hall–Kier alpha value is -0.0400. The summed E-state index contributed by atoms with van der Waals surface area (Å²) in [6.45, 7) is 5.82. The molecule has 0 bridgehead atoms. The van der Waals surface area contributed by atoms with E-state index in [-0.39, 0.29) is 0 Å². The molecule has 0 saturated carbocycles. The van der Waals surface area contributed by atoms with E-state index in [1.807, 2.05) is 0 Å². The van der Waals surface area contributed by atoms with Crippen LogP contribution in [-0.4, -0.2) is 12.2 Å². The summed E-state index contributed by atoms with van der Waals surface area (Å²) in [6, 6.07) is 0. The van der Waals surface area contributed by atoms with Gasteiger partial charge < -0.3 is 4.74 Å². The third kappa shape index (κ3) is 1.16. The van der Waals surface area contributed by atoms with Gasteiger partial charge >= 0.3 is 0 Å². The van der Waals surface area contributed by atoms with E-state index >= 15 is 0 Å². The van der Waals surface area contributed by atoms with E-state index in [0.717, 1.165) is 12.8 Å². The summed E-state index contributed by atoms with van der Waals surface area (Å²) in [5.74, 6) is 0. The molecule has 1 radical (unpaired) electrons. The molecule has 1 aliphatic heterocycles. The molecule has 1 fully saturated rings. The van der Waals surface area contributed by atoms with E-state index in [1.165, 1.54) is 0 Å². The first-order valence-electron chi connectivity index (χ1n) is 2.79. The van der Waals surface area contributed by atoms with Crippen LogP contribution in [0.5, 0.6) is 0 Å². The average molecular weight is 99.2 g/mol. The molecule has 2 unspecified atom stereocenters. The third-order valence-corrected chi connectivity index (χ3v) is 1.33. The first-order chi connectivity index (χ1) is 3.34. The summed E-state index contributed by atoms with van der Waals surface area (Å²) in [6.07, 6.45) is 3.23. The Balaban J connectivity index is 1.98. The van der Waals surface area contributed by atoms with Gasteiger partial charge in [-0.1, -0.05) is 13.3 Å². The predicted molar refractivity (Wildman–Crippen MR) is 28.9 cm³/mol. The lowest BCUT2D eigenvalue weighted by molar-refractivity contribution is 0.371. The van der Waals surface area contributed by atoms with Gasteiger partial charge in [0.25, 0.3) is 0 Å². The minimum atomic E-state index is 0.529. The van der Waals surface area contributed by atoms with E-state index in [9.17, 15) is 0 Å². The van der Waals surface area contributed by atoms with Gasteiger partial charge in [-0.25, -0.2) is 0 Å². The van der Waals surface area contributed by atoms with Crippen LogP contribution in [-0.2, 0) is 4.74 Å².